The van der Waals surface area contributed by atoms with Gasteiger partial charge in [0.1, 0.15) is 4.88 Å². The standard InChI is InChI=1S/C21H25Cl2N3O2S/c1-14-13-29-20(19(14)23)21(28)26-11-17(18(27)12-26)25-8-6-24(7-9-25)10-15-2-4-16(22)5-3-15/h2-5,13,17-18,27H,6-12H2,1H3. The zero-order valence-electron chi connectivity index (χ0n) is 16.4. The van der Waals surface area contributed by atoms with Gasteiger partial charge in [-0.3, -0.25) is 14.6 Å². The molecule has 2 saturated heterocycles. The molecular formula is C21H25Cl2N3O2S. The third kappa shape index (κ3) is 4.63. The van der Waals surface area contributed by atoms with Crippen molar-refractivity contribution in [1.82, 2.24) is 14.7 Å². The Hall–Kier alpha value is -1.15. The van der Waals surface area contributed by atoms with E-state index in [-0.39, 0.29) is 11.9 Å². The van der Waals surface area contributed by atoms with E-state index in [0.717, 1.165) is 43.3 Å². The van der Waals surface area contributed by atoms with Crippen LogP contribution in [0.2, 0.25) is 10.0 Å². The Kier molecular flexibility index (Phi) is 6.49. The third-order valence-electron chi connectivity index (χ3n) is 5.83. The number of β-amino-alcohol motifs (C(OH)–C–C–N with tert-alkyl or cyclic N) is 1. The lowest BCUT2D eigenvalue weighted by atomic mass is 10.1. The first-order valence-corrected chi connectivity index (χ1v) is 11.5. The van der Waals surface area contributed by atoms with E-state index in [2.05, 4.69) is 21.9 Å². The summed E-state index contributed by atoms with van der Waals surface area (Å²) < 4.78 is 0. The van der Waals surface area contributed by atoms with Crippen molar-refractivity contribution in [2.24, 2.45) is 0 Å². The van der Waals surface area contributed by atoms with Crippen molar-refractivity contribution >= 4 is 40.4 Å². The number of carbonyl (C=O) groups excluding carboxylic acids is 1. The number of aliphatic hydroxyl groups is 1. The second-order valence-electron chi connectivity index (χ2n) is 7.85. The maximum Gasteiger partial charge on any atom is 0.265 e. The molecule has 3 heterocycles. The molecule has 8 heteroatoms. The van der Waals surface area contributed by atoms with Gasteiger partial charge in [-0.2, -0.15) is 0 Å². The molecule has 2 atom stereocenters. The number of rotatable bonds is 4. The van der Waals surface area contributed by atoms with E-state index < -0.39 is 6.10 Å². The maximum absolute atomic E-state index is 12.8. The molecular weight excluding hydrogens is 429 g/mol. The van der Waals surface area contributed by atoms with Crippen molar-refractivity contribution in [3.05, 3.63) is 55.7 Å². The van der Waals surface area contributed by atoms with Crippen LogP contribution in [0.3, 0.4) is 0 Å². The first-order valence-electron chi connectivity index (χ1n) is 9.84. The summed E-state index contributed by atoms with van der Waals surface area (Å²) in [6.07, 6.45) is -0.526. The smallest absolute Gasteiger partial charge is 0.265 e. The van der Waals surface area contributed by atoms with Gasteiger partial charge in [0, 0.05) is 50.8 Å². The van der Waals surface area contributed by atoms with Crippen LogP contribution in [0.4, 0.5) is 0 Å². The van der Waals surface area contributed by atoms with Crippen molar-refractivity contribution in [2.75, 3.05) is 39.3 Å². The molecule has 1 aromatic heterocycles. The second-order valence-corrected chi connectivity index (χ2v) is 9.54. The summed E-state index contributed by atoms with van der Waals surface area (Å²) in [5, 5.41) is 13.8. The normalized spacial score (nSPS) is 23.7. The molecule has 1 N–H and O–H groups in total. The van der Waals surface area contributed by atoms with Crippen molar-refractivity contribution < 1.29 is 9.90 Å². The fourth-order valence-corrected chi connectivity index (χ4v) is 5.48. The van der Waals surface area contributed by atoms with Gasteiger partial charge >= 0.3 is 0 Å². The molecule has 0 aliphatic carbocycles. The van der Waals surface area contributed by atoms with Crippen LogP contribution in [-0.4, -0.2) is 77.1 Å². The second kappa shape index (κ2) is 8.92. The molecule has 4 rings (SSSR count). The van der Waals surface area contributed by atoms with Crippen molar-refractivity contribution in [2.45, 2.75) is 25.6 Å². The van der Waals surface area contributed by atoms with Gasteiger partial charge in [-0.15, -0.1) is 11.3 Å². The average molecular weight is 454 g/mol. The highest BCUT2D eigenvalue weighted by atomic mass is 35.5. The Morgan fingerprint density at radius 2 is 1.83 bits per heavy atom. The number of likely N-dealkylation sites (tertiary alicyclic amines) is 1. The van der Waals surface area contributed by atoms with Gasteiger partial charge in [-0.1, -0.05) is 35.3 Å². The average Bonchev–Trinajstić information content (AvgIpc) is 3.26. The zero-order chi connectivity index (χ0) is 20.5. The van der Waals surface area contributed by atoms with Crippen molar-refractivity contribution in [3.63, 3.8) is 0 Å². The van der Waals surface area contributed by atoms with E-state index in [4.69, 9.17) is 23.2 Å². The number of thiophene rings is 1. The number of piperazine rings is 1. The van der Waals surface area contributed by atoms with E-state index in [1.165, 1.54) is 16.9 Å². The summed E-state index contributed by atoms with van der Waals surface area (Å²) in [6, 6.07) is 7.97. The molecule has 2 aliphatic rings. The van der Waals surface area contributed by atoms with Gasteiger partial charge in [0.25, 0.3) is 5.91 Å². The third-order valence-corrected chi connectivity index (χ3v) is 7.77. The number of aryl methyl sites for hydroxylation is 1. The van der Waals surface area contributed by atoms with E-state index >= 15 is 0 Å². The van der Waals surface area contributed by atoms with E-state index in [1.807, 2.05) is 24.4 Å². The number of carbonyl (C=O) groups is 1. The first kappa shape index (κ1) is 21.1. The fourth-order valence-electron chi connectivity index (χ4n) is 4.11. The Morgan fingerprint density at radius 1 is 1.14 bits per heavy atom. The van der Waals surface area contributed by atoms with Crippen LogP contribution in [0.15, 0.2) is 29.6 Å². The Bertz CT molecular complexity index is 865. The number of amides is 1. The van der Waals surface area contributed by atoms with Crippen LogP contribution < -0.4 is 0 Å². The summed E-state index contributed by atoms with van der Waals surface area (Å²) in [4.78, 5) is 19.9. The van der Waals surface area contributed by atoms with Gasteiger partial charge in [0.15, 0.2) is 0 Å². The Balaban J connectivity index is 1.32. The van der Waals surface area contributed by atoms with Gasteiger partial charge in [0.2, 0.25) is 0 Å². The molecule has 1 amide bonds. The Morgan fingerprint density at radius 3 is 2.45 bits per heavy atom. The van der Waals surface area contributed by atoms with Crippen LogP contribution in [-0.2, 0) is 6.54 Å². The minimum atomic E-state index is -0.526. The predicted octanol–water partition coefficient (Wildman–Crippen LogP) is 3.37. The van der Waals surface area contributed by atoms with Crippen LogP contribution in [0.25, 0.3) is 0 Å². The first-order chi connectivity index (χ1) is 13.9. The molecule has 2 aliphatic heterocycles. The van der Waals surface area contributed by atoms with Crippen LogP contribution in [0, 0.1) is 6.92 Å². The highest BCUT2D eigenvalue weighted by Crippen LogP contribution is 2.30. The van der Waals surface area contributed by atoms with Crippen LogP contribution in [0.5, 0.6) is 0 Å². The number of halogens is 2. The summed E-state index contributed by atoms with van der Waals surface area (Å²) >= 11 is 13.6. The highest BCUT2D eigenvalue weighted by molar-refractivity contribution is 7.13. The zero-order valence-corrected chi connectivity index (χ0v) is 18.7. The Labute approximate surface area is 185 Å². The minimum absolute atomic E-state index is 0.0172. The molecule has 0 spiro atoms. The topological polar surface area (TPSA) is 47.0 Å². The SMILES string of the molecule is Cc1csc(C(=O)N2CC(O)C(N3CCN(Cc4ccc(Cl)cc4)CC3)C2)c1Cl. The number of aliphatic hydroxyl groups excluding tert-OH is 1. The summed E-state index contributed by atoms with van der Waals surface area (Å²) in [5.74, 6) is -0.0731. The fraction of sp³-hybridized carbons (Fsp3) is 0.476. The van der Waals surface area contributed by atoms with Crippen LogP contribution >= 0.6 is 34.5 Å². The van der Waals surface area contributed by atoms with E-state index in [1.54, 1.807) is 4.90 Å². The molecule has 29 heavy (non-hydrogen) atoms. The van der Waals surface area contributed by atoms with Crippen LogP contribution in [0.1, 0.15) is 20.8 Å². The van der Waals surface area contributed by atoms with Crippen molar-refractivity contribution in [3.8, 4) is 0 Å². The monoisotopic (exact) mass is 453 g/mol. The predicted molar refractivity (Wildman–Crippen MR) is 118 cm³/mol. The molecule has 2 unspecified atom stereocenters. The van der Waals surface area contributed by atoms with Gasteiger partial charge in [0.05, 0.1) is 17.2 Å². The molecule has 0 saturated carbocycles. The molecule has 0 bridgehead atoms. The van der Waals surface area contributed by atoms with Gasteiger partial charge < -0.3 is 10.0 Å². The lowest BCUT2D eigenvalue weighted by Crippen LogP contribution is -2.53. The lowest BCUT2D eigenvalue weighted by molar-refractivity contribution is 0.0423. The molecule has 5 nitrogen and oxygen atoms in total. The lowest BCUT2D eigenvalue weighted by Gasteiger charge is -2.38. The summed E-state index contributed by atoms with van der Waals surface area (Å²) in [7, 11) is 0. The minimum Gasteiger partial charge on any atom is -0.390 e. The number of hydrogen-bond acceptors (Lipinski definition) is 5. The van der Waals surface area contributed by atoms with E-state index in [0.29, 0.717) is 23.0 Å². The van der Waals surface area contributed by atoms with Gasteiger partial charge in [-0.05, 0) is 35.6 Å². The summed E-state index contributed by atoms with van der Waals surface area (Å²) in [5.41, 5.74) is 2.18. The largest absolute Gasteiger partial charge is 0.390 e. The molecule has 2 aromatic rings. The number of nitrogens with zero attached hydrogens (tertiary/aromatic N) is 3. The molecule has 0 radical (unpaired) electrons. The highest BCUT2D eigenvalue weighted by Gasteiger charge is 2.39. The van der Waals surface area contributed by atoms with Gasteiger partial charge in [-0.25, -0.2) is 0 Å². The molecule has 1 aromatic carbocycles. The quantitative estimate of drug-likeness (QED) is 0.770. The molecule has 2 fully saturated rings. The summed E-state index contributed by atoms with van der Waals surface area (Å²) in [6.45, 7) is 7.37. The number of hydrogen-bond donors (Lipinski definition) is 1. The van der Waals surface area contributed by atoms with Crippen molar-refractivity contribution in [1.29, 1.82) is 0 Å². The maximum atomic E-state index is 12.8. The van der Waals surface area contributed by atoms with E-state index in [9.17, 15) is 9.90 Å². The number of benzene rings is 1. The molecule has 156 valence electrons.